The van der Waals surface area contributed by atoms with Crippen LogP contribution in [0.15, 0.2) is 18.2 Å². The molecule has 3 heterocycles. The highest BCUT2D eigenvalue weighted by molar-refractivity contribution is 5.89. The monoisotopic (exact) mass is 449 g/mol. The number of piperazine rings is 1. The summed E-state index contributed by atoms with van der Waals surface area (Å²) in [6.45, 7) is 1.01. The summed E-state index contributed by atoms with van der Waals surface area (Å²) >= 11 is 0. The Kier molecular flexibility index (Phi) is 4.55. The maximum Gasteiger partial charge on any atom is 0.335 e. The molecule has 172 valence electrons. The van der Waals surface area contributed by atoms with Crippen molar-refractivity contribution in [1.29, 1.82) is 5.26 Å². The smallest absolute Gasteiger partial charge is 0.335 e. The van der Waals surface area contributed by atoms with E-state index in [9.17, 15) is 24.8 Å². The van der Waals surface area contributed by atoms with Gasteiger partial charge in [0.15, 0.2) is 0 Å². The molecule has 6 rings (SSSR count). The van der Waals surface area contributed by atoms with Gasteiger partial charge < -0.3 is 20.6 Å². The molecule has 1 aromatic carbocycles. The standard InChI is InChI=1S/C24H27N5O4/c25-9-15-6-14-7-20(14)28(15)22(30)18(26)11-27-10-16-8-21(27)23(31)29(16)19-4-2-12-5-13(24(32)33)1-3-17(12)19/h1,3,5,14-16,18-21H,2,4,6-8,10-11,26H2,(H,32,33)/t14-,15+,16?,18+,19+,20+,21-/m1/s1. The molecule has 3 saturated heterocycles. The van der Waals surface area contributed by atoms with Crippen molar-refractivity contribution in [1.82, 2.24) is 14.7 Å². The van der Waals surface area contributed by atoms with Crippen LogP contribution in [0.4, 0.5) is 0 Å². The molecular formula is C24H27N5O4. The number of piperidine rings is 1. The first kappa shape index (κ1) is 20.6. The fraction of sp³-hybridized carbons (Fsp3) is 0.583. The topological polar surface area (TPSA) is 131 Å². The molecule has 9 nitrogen and oxygen atoms in total. The van der Waals surface area contributed by atoms with Gasteiger partial charge in [0, 0.05) is 25.2 Å². The van der Waals surface area contributed by atoms with Crippen LogP contribution in [0.1, 0.15) is 53.2 Å². The molecule has 2 aliphatic carbocycles. The molecule has 2 amide bonds. The van der Waals surface area contributed by atoms with Gasteiger partial charge in [0.25, 0.3) is 0 Å². The molecule has 9 heteroatoms. The van der Waals surface area contributed by atoms with Gasteiger partial charge in [-0.25, -0.2) is 4.79 Å². The summed E-state index contributed by atoms with van der Waals surface area (Å²) in [5.41, 5.74) is 8.64. The van der Waals surface area contributed by atoms with E-state index in [-0.39, 0.29) is 47.6 Å². The number of aromatic carboxylic acids is 1. The lowest BCUT2D eigenvalue weighted by atomic mass is 10.0. The minimum Gasteiger partial charge on any atom is -0.478 e. The number of hydrogen-bond donors (Lipinski definition) is 2. The third kappa shape index (κ3) is 3.08. The Morgan fingerprint density at radius 1 is 1.24 bits per heavy atom. The quantitative estimate of drug-likeness (QED) is 0.669. The lowest BCUT2D eigenvalue weighted by Crippen LogP contribution is -2.57. The van der Waals surface area contributed by atoms with Gasteiger partial charge in [-0.3, -0.25) is 14.5 Å². The molecule has 4 fully saturated rings. The normalized spacial score (nSPS) is 34.8. The van der Waals surface area contributed by atoms with E-state index >= 15 is 0 Å². The van der Waals surface area contributed by atoms with Crippen LogP contribution in [0.2, 0.25) is 0 Å². The number of hydrogen-bond acceptors (Lipinski definition) is 6. The van der Waals surface area contributed by atoms with Gasteiger partial charge >= 0.3 is 5.97 Å². The summed E-state index contributed by atoms with van der Waals surface area (Å²) in [6, 6.07) is 6.29. The number of nitrogens with zero attached hydrogens (tertiary/aromatic N) is 4. The van der Waals surface area contributed by atoms with Crippen molar-refractivity contribution >= 4 is 17.8 Å². The molecule has 0 radical (unpaired) electrons. The van der Waals surface area contributed by atoms with Gasteiger partial charge in [-0.05, 0) is 61.3 Å². The van der Waals surface area contributed by atoms with E-state index in [1.165, 1.54) is 0 Å². The van der Waals surface area contributed by atoms with Crippen molar-refractivity contribution in [3.8, 4) is 6.07 Å². The number of carboxylic acid groups (broad SMARTS) is 1. The summed E-state index contributed by atoms with van der Waals surface area (Å²) in [4.78, 5) is 43.3. The van der Waals surface area contributed by atoms with E-state index < -0.39 is 12.0 Å². The summed E-state index contributed by atoms with van der Waals surface area (Å²) < 4.78 is 0. The molecule has 3 aliphatic heterocycles. The molecule has 1 aromatic rings. The number of carboxylic acids is 1. The molecule has 5 aliphatic rings. The van der Waals surface area contributed by atoms with E-state index in [4.69, 9.17) is 5.73 Å². The SMILES string of the molecule is N#C[C@@H]1C[C@@H]2C[C@@H]2N1C(=O)[C@@H](N)CN1CC2C[C@@H]1C(=O)N2[C@H]1CCc2cc(C(=O)O)ccc21. The Labute approximate surface area is 191 Å². The molecule has 7 atom stereocenters. The van der Waals surface area contributed by atoms with Gasteiger partial charge in [0.2, 0.25) is 11.8 Å². The number of carbonyl (C=O) groups excluding carboxylic acids is 2. The zero-order valence-electron chi connectivity index (χ0n) is 18.3. The Morgan fingerprint density at radius 2 is 2.06 bits per heavy atom. The van der Waals surface area contributed by atoms with Gasteiger partial charge in [-0.2, -0.15) is 5.26 Å². The Balaban J connectivity index is 1.13. The van der Waals surface area contributed by atoms with Crippen molar-refractivity contribution in [2.24, 2.45) is 11.7 Å². The molecule has 0 spiro atoms. The fourth-order valence-corrected chi connectivity index (χ4v) is 6.73. The van der Waals surface area contributed by atoms with E-state index in [1.54, 1.807) is 17.0 Å². The third-order valence-corrected chi connectivity index (χ3v) is 8.34. The lowest BCUT2D eigenvalue weighted by Gasteiger charge is -2.38. The number of likely N-dealkylation sites (tertiary alicyclic amines) is 3. The van der Waals surface area contributed by atoms with Crippen LogP contribution in [0.3, 0.4) is 0 Å². The van der Waals surface area contributed by atoms with Crippen LogP contribution >= 0.6 is 0 Å². The van der Waals surface area contributed by atoms with Crippen molar-refractivity contribution in [3.63, 3.8) is 0 Å². The molecular weight excluding hydrogens is 422 g/mol. The van der Waals surface area contributed by atoms with Gasteiger partial charge in [0.05, 0.1) is 29.8 Å². The number of carbonyl (C=O) groups is 3. The summed E-state index contributed by atoms with van der Waals surface area (Å²) in [7, 11) is 0. The largest absolute Gasteiger partial charge is 0.478 e. The van der Waals surface area contributed by atoms with Crippen molar-refractivity contribution < 1.29 is 19.5 Å². The average molecular weight is 450 g/mol. The van der Waals surface area contributed by atoms with Crippen LogP contribution in [0.25, 0.3) is 0 Å². The van der Waals surface area contributed by atoms with Crippen molar-refractivity contribution in [2.45, 2.75) is 68.4 Å². The number of nitriles is 1. The second-order valence-corrected chi connectivity index (χ2v) is 10.2. The molecule has 2 bridgehead atoms. The Bertz CT molecular complexity index is 1100. The zero-order valence-corrected chi connectivity index (χ0v) is 18.3. The van der Waals surface area contributed by atoms with Gasteiger partial charge in [0.1, 0.15) is 6.04 Å². The van der Waals surface area contributed by atoms with Gasteiger partial charge in [-0.1, -0.05) is 6.07 Å². The first-order valence-electron chi connectivity index (χ1n) is 11.8. The van der Waals surface area contributed by atoms with E-state index in [0.29, 0.717) is 19.0 Å². The van der Waals surface area contributed by atoms with Crippen LogP contribution < -0.4 is 5.73 Å². The number of nitrogens with two attached hydrogens (primary N) is 1. The van der Waals surface area contributed by atoms with Gasteiger partial charge in [-0.15, -0.1) is 0 Å². The number of benzene rings is 1. The summed E-state index contributed by atoms with van der Waals surface area (Å²) in [5, 5.41) is 18.6. The number of fused-ring (bicyclic) bond motifs is 4. The Hall–Kier alpha value is -2.96. The second kappa shape index (κ2) is 7.27. The molecule has 33 heavy (non-hydrogen) atoms. The van der Waals surface area contributed by atoms with Crippen LogP contribution in [-0.2, 0) is 16.0 Å². The molecule has 0 aromatic heterocycles. The minimum atomic E-state index is -0.939. The summed E-state index contributed by atoms with van der Waals surface area (Å²) in [5.74, 6) is -0.585. The number of rotatable bonds is 5. The van der Waals surface area contributed by atoms with Crippen LogP contribution in [-0.4, -0.2) is 80.9 Å². The molecule has 1 unspecified atom stereocenters. The summed E-state index contributed by atoms with van der Waals surface area (Å²) in [6.07, 6.45) is 4.02. The predicted octanol–water partition coefficient (Wildman–Crippen LogP) is 0.497. The minimum absolute atomic E-state index is 0.0180. The maximum atomic E-state index is 13.3. The highest BCUT2D eigenvalue weighted by Gasteiger charge is 2.56. The zero-order chi connectivity index (χ0) is 23.0. The Morgan fingerprint density at radius 3 is 2.79 bits per heavy atom. The third-order valence-electron chi connectivity index (χ3n) is 8.34. The average Bonchev–Trinajstić information content (AvgIpc) is 3.15. The van der Waals surface area contributed by atoms with E-state index in [2.05, 4.69) is 6.07 Å². The van der Waals surface area contributed by atoms with Crippen molar-refractivity contribution in [3.05, 3.63) is 34.9 Å². The second-order valence-electron chi connectivity index (χ2n) is 10.2. The van der Waals surface area contributed by atoms with Crippen molar-refractivity contribution in [2.75, 3.05) is 13.1 Å². The lowest BCUT2D eigenvalue weighted by molar-refractivity contribution is -0.141. The highest BCUT2D eigenvalue weighted by atomic mass is 16.4. The molecule has 1 saturated carbocycles. The van der Waals surface area contributed by atoms with Crippen LogP contribution in [0, 0.1) is 17.2 Å². The predicted molar refractivity (Wildman–Crippen MR) is 116 cm³/mol. The van der Waals surface area contributed by atoms with E-state index in [1.807, 2.05) is 15.9 Å². The first-order chi connectivity index (χ1) is 15.9. The highest BCUT2D eigenvalue weighted by Crippen LogP contribution is 2.48. The molecule has 3 N–H and O–H groups in total. The maximum absolute atomic E-state index is 13.3. The van der Waals surface area contributed by atoms with E-state index in [0.717, 1.165) is 43.2 Å². The first-order valence-corrected chi connectivity index (χ1v) is 11.8. The fourth-order valence-electron chi connectivity index (χ4n) is 6.73. The van der Waals surface area contributed by atoms with Crippen LogP contribution in [0.5, 0.6) is 0 Å². The number of aryl methyl sites for hydroxylation is 1. The number of amides is 2.